The van der Waals surface area contributed by atoms with Crippen LogP contribution >= 0.6 is 0 Å². The SMILES string of the molecule is CCC[N+](C)=C=[N+](C)NCC. The van der Waals surface area contributed by atoms with Crippen molar-refractivity contribution in [1.82, 2.24) is 5.43 Å². The lowest BCUT2D eigenvalue weighted by atomic mass is 10.5. The van der Waals surface area contributed by atoms with Crippen molar-refractivity contribution in [3.8, 4) is 0 Å². The van der Waals surface area contributed by atoms with Crippen LogP contribution in [0.5, 0.6) is 0 Å². The molecule has 11 heavy (non-hydrogen) atoms. The molecule has 0 saturated heterocycles. The minimum Gasteiger partial charge on any atom is -0.185 e. The molecule has 0 aromatic carbocycles. The fourth-order valence-corrected chi connectivity index (χ4v) is 0.914. The average molecular weight is 157 g/mol. The second-order valence-electron chi connectivity index (χ2n) is 2.59. The van der Waals surface area contributed by atoms with E-state index >= 15 is 0 Å². The van der Waals surface area contributed by atoms with E-state index in [4.69, 9.17) is 0 Å². The Morgan fingerprint density at radius 2 is 1.91 bits per heavy atom. The standard InChI is InChI=1S/C8H19N3/c1-5-7-10(3)8-11(4)9-6-2/h9H,5-7H2,1-4H3/q+2. The fraction of sp³-hybridized carbons (Fsp3) is 0.875. The van der Waals surface area contributed by atoms with Crippen LogP contribution in [0.25, 0.3) is 0 Å². The zero-order chi connectivity index (χ0) is 8.69. The van der Waals surface area contributed by atoms with Crippen LogP contribution in [0.1, 0.15) is 20.3 Å². The van der Waals surface area contributed by atoms with Crippen molar-refractivity contribution in [2.24, 2.45) is 0 Å². The molecule has 0 amide bonds. The Hall–Kier alpha value is -0.820. The number of nitrogens with one attached hydrogen (secondary N) is 1. The topological polar surface area (TPSA) is 18.0 Å². The van der Waals surface area contributed by atoms with E-state index in [9.17, 15) is 0 Å². The molecule has 0 aromatic heterocycles. The van der Waals surface area contributed by atoms with Crippen molar-refractivity contribution in [3.05, 3.63) is 0 Å². The second kappa shape index (κ2) is 5.93. The molecule has 0 aliphatic rings. The lowest BCUT2D eigenvalue weighted by molar-refractivity contribution is -0.596. The second-order valence-corrected chi connectivity index (χ2v) is 2.59. The van der Waals surface area contributed by atoms with Gasteiger partial charge in [0.15, 0.2) is 13.6 Å². The van der Waals surface area contributed by atoms with E-state index in [1.807, 2.05) is 23.4 Å². The van der Waals surface area contributed by atoms with Gasteiger partial charge in [-0.1, -0.05) is 6.92 Å². The molecule has 0 aromatic rings. The first-order valence-corrected chi connectivity index (χ1v) is 4.15. The molecule has 0 rings (SSSR count). The minimum absolute atomic E-state index is 0.934. The number of rotatable bonds is 4. The van der Waals surface area contributed by atoms with Crippen LogP contribution in [-0.2, 0) is 0 Å². The predicted molar refractivity (Wildman–Crippen MR) is 46.2 cm³/mol. The molecule has 0 spiro atoms. The molecule has 0 bridgehead atoms. The Kier molecular flexibility index (Phi) is 5.49. The smallest absolute Gasteiger partial charge is 0.185 e. The van der Waals surface area contributed by atoms with Gasteiger partial charge in [0.05, 0.1) is 6.54 Å². The highest BCUT2D eigenvalue weighted by molar-refractivity contribution is 5.25. The van der Waals surface area contributed by atoms with Crippen LogP contribution in [0.4, 0.5) is 0 Å². The Morgan fingerprint density at radius 3 is 2.36 bits per heavy atom. The highest BCUT2D eigenvalue weighted by atomic mass is 15.4. The zero-order valence-corrected chi connectivity index (χ0v) is 8.02. The van der Waals surface area contributed by atoms with Gasteiger partial charge in [-0.05, 0) is 11.6 Å². The Labute approximate surface area is 69.0 Å². The van der Waals surface area contributed by atoms with E-state index < -0.39 is 0 Å². The molecule has 0 radical (unpaired) electrons. The van der Waals surface area contributed by atoms with E-state index in [0.29, 0.717) is 0 Å². The largest absolute Gasteiger partial charge is 0.507 e. The summed E-state index contributed by atoms with van der Waals surface area (Å²) >= 11 is 0. The normalized spacial score (nSPS) is 8.73. The van der Waals surface area contributed by atoms with Gasteiger partial charge in [-0.25, -0.2) is 0 Å². The third kappa shape index (κ3) is 5.62. The average Bonchev–Trinajstić information content (AvgIpc) is 1.87. The lowest BCUT2D eigenvalue weighted by Crippen LogP contribution is -2.26. The van der Waals surface area contributed by atoms with Crippen molar-refractivity contribution in [3.63, 3.8) is 0 Å². The third-order valence-corrected chi connectivity index (χ3v) is 1.28. The maximum Gasteiger partial charge on any atom is 0.507 e. The van der Waals surface area contributed by atoms with Gasteiger partial charge in [0, 0.05) is 6.42 Å². The summed E-state index contributed by atoms with van der Waals surface area (Å²) < 4.78 is 3.90. The fourth-order valence-electron chi connectivity index (χ4n) is 0.914. The van der Waals surface area contributed by atoms with Gasteiger partial charge in [-0.2, -0.15) is 5.43 Å². The van der Waals surface area contributed by atoms with Crippen LogP contribution < -0.4 is 5.43 Å². The van der Waals surface area contributed by atoms with Crippen LogP contribution in [0.3, 0.4) is 0 Å². The number of hydrogen-bond donors (Lipinski definition) is 1. The predicted octanol–water partition coefficient (Wildman–Crippen LogP) is 0.379. The minimum atomic E-state index is 0.934. The highest BCUT2D eigenvalue weighted by Gasteiger charge is 1.97. The van der Waals surface area contributed by atoms with Crippen LogP contribution in [0, 0.1) is 0 Å². The quantitative estimate of drug-likeness (QED) is 0.355. The number of hydrazine groups is 1. The van der Waals surface area contributed by atoms with Crippen molar-refractivity contribution in [2.45, 2.75) is 20.3 Å². The summed E-state index contributed by atoms with van der Waals surface area (Å²) in [7, 11) is 3.98. The van der Waals surface area contributed by atoms with E-state index in [-0.39, 0.29) is 0 Å². The van der Waals surface area contributed by atoms with Crippen molar-refractivity contribution < 1.29 is 9.26 Å². The summed E-state index contributed by atoms with van der Waals surface area (Å²) in [6, 6.07) is 3.14. The summed E-state index contributed by atoms with van der Waals surface area (Å²) in [6.07, 6.45) is 1.16. The van der Waals surface area contributed by atoms with E-state index in [2.05, 4.69) is 25.3 Å². The van der Waals surface area contributed by atoms with Gasteiger partial charge in [-0.15, -0.1) is 4.58 Å². The van der Waals surface area contributed by atoms with Gasteiger partial charge in [0.1, 0.15) is 7.05 Å². The van der Waals surface area contributed by atoms with E-state index in [0.717, 1.165) is 19.5 Å². The molecule has 0 aliphatic carbocycles. The van der Waals surface area contributed by atoms with Crippen LogP contribution in [-0.4, -0.2) is 42.5 Å². The molecule has 0 unspecified atom stereocenters. The zero-order valence-electron chi connectivity index (χ0n) is 8.02. The summed E-state index contributed by atoms with van der Waals surface area (Å²) in [5.41, 5.74) is 3.12. The Morgan fingerprint density at radius 1 is 1.27 bits per heavy atom. The first-order valence-electron chi connectivity index (χ1n) is 4.15. The first kappa shape index (κ1) is 10.2. The maximum absolute atomic E-state index is 3.14. The molecule has 0 aliphatic heterocycles. The molecule has 3 nitrogen and oxygen atoms in total. The van der Waals surface area contributed by atoms with Crippen LogP contribution in [0.15, 0.2) is 0 Å². The molecule has 3 heteroatoms. The Balaban J connectivity index is 4.08. The number of nitrogens with zero attached hydrogens (tertiary/aromatic N) is 2. The van der Waals surface area contributed by atoms with Gasteiger partial charge in [-0.3, -0.25) is 0 Å². The molecule has 1 N–H and O–H groups in total. The third-order valence-electron chi connectivity index (χ3n) is 1.28. The summed E-state index contributed by atoms with van der Waals surface area (Å²) in [6.45, 7) is 6.21. The first-order chi connectivity index (χ1) is 5.20. The molecule has 0 saturated carbocycles. The molecule has 0 fully saturated rings. The maximum atomic E-state index is 3.14. The number of hydrogen-bond acceptors (Lipinski definition) is 1. The summed E-state index contributed by atoms with van der Waals surface area (Å²) in [4.78, 5) is 0. The van der Waals surface area contributed by atoms with Gasteiger partial charge < -0.3 is 0 Å². The van der Waals surface area contributed by atoms with E-state index in [1.54, 1.807) is 0 Å². The van der Waals surface area contributed by atoms with E-state index in [1.165, 1.54) is 0 Å². The highest BCUT2D eigenvalue weighted by Crippen LogP contribution is 1.72. The molecule has 64 valence electrons. The van der Waals surface area contributed by atoms with Gasteiger partial charge >= 0.3 is 6.01 Å². The summed E-state index contributed by atoms with van der Waals surface area (Å²) in [5.74, 6) is 0. The Bertz CT molecular complexity index is 150. The van der Waals surface area contributed by atoms with Crippen molar-refractivity contribution in [2.75, 3.05) is 27.2 Å². The molecular weight excluding hydrogens is 138 g/mol. The van der Waals surface area contributed by atoms with Crippen molar-refractivity contribution >= 4 is 6.01 Å². The molecular formula is C8H19N3+2. The molecule has 0 heterocycles. The van der Waals surface area contributed by atoms with Crippen molar-refractivity contribution in [1.29, 1.82) is 0 Å². The van der Waals surface area contributed by atoms with Crippen LogP contribution in [0.2, 0.25) is 0 Å². The van der Waals surface area contributed by atoms with Gasteiger partial charge in [0.2, 0.25) is 0 Å². The monoisotopic (exact) mass is 157 g/mol. The number of hydrazone groups is 1. The summed E-state index contributed by atoms with van der Waals surface area (Å²) in [5, 5.41) is 0. The van der Waals surface area contributed by atoms with Gasteiger partial charge in [0.25, 0.3) is 0 Å². The molecule has 0 atom stereocenters. The lowest BCUT2D eigenvalue weighted by Gasteiger charge is -1.88.